The van der Waals surface area contributed by atoms with Gasteiger partial charge in [-0.05, 0) is 42.2 Å². The van der Waals surface area contributed by atoms with Gasteiger partial charge in [-0.2, -0.15) is 0 Å². The number of aryl methyl sites for hydroxylation is 3. The average molecular weight is 255 g/mol. The van der Waals surface area contributed by atoms with E-state index in [-0.39, 0.29) is 5.82 Å². The molecule has 19 heavy (non-hydrogen) atoms. The fourth-order valence-electron chi connectivity index (χ4n) is 2.51. The smallest absolute Gasteiger partial charge is 0.148 e. The third-order valence-electron chi connectivity index (χ3n) is 3.49. The number of fused-ring (bicyclic) bond motifs is 3. The van der Waals surface area contributed by atoms with E-state index in [0.717, 1.165) is 35.4 Å². The summed E-state index contributed by atoms with van der Waals surface area (Å²) in [7, 11) is 0. The Labute approximate surface area is 111 Å². The number of aromatic nitrogens is 3. The fraction of sp³-hybridized carbons (Fsp3) is 0.200. The highest BCUT2D eigenvalue weighted by Gasteiger charge is 2.23. The molecule has 0 fully saturated rings. The van der Waals surface area contributed by atoms with Crippen LogP contribution in [0.4, 0.5) is 4.39 Å². The van der Waals surface area contributed by atoms with Crippen LogP contribution in [-0.4, -0.2) is 14.8 Å². The van der Waals surface area contributed by atoms with Crippen molar-refractivity contribution in [2.45, 2.75) is 19.8 Å². The Bertz CT molecular complexity index is 698. The first-order valence-electron chi connectivity index (χ1n) is 6.17. The zero-order valence-corrected chi connectivity index (χ0v) is 10.8. The summed E-state index contributed by atoms with van der Waals surface area (Å²) in [5, 5.41) is 8.11. The largest absolute Gasteiger partial charge is 0.280 e. The minimum atomic E-state index is -0.264. The fourth-order valence-corrected chi connectivity index (χ4v) is 2.51. The van der Waals surface area contributed by atoms with E-state index in [1.807, 2.05) is 13.0 Å². The van der Waals surface area contributed by atoms with Gasteiger partial charge in [0, 0.05) is 6.42 Å². The van der Waals surface area contributed by atoms with Gasteiger partial charge < -0.3 is 0 Å². The quantitative estimate of drug-likeness (QED) is 0.772. The normalized spacial score (nSPS) is 12.7. The average Bonchev–Trinajstić information content (AvgIpc) is 2.79. The summed E-state index contributed by atoms with van der Waals surface area (Å²) < 4.78 is 16.2. The molecule has 0 bridgehead atoms. The Morgan fingerprint density at radius 1 is 1.37 bits per heavy atom. The lowest BCUT2D eigenvalue weighted by Crippen LogP contribution is -2.15. The van der Waals surface area contributed by atoms with Gasteiger partial charge in [0.1, 0.15) is 17.5 Å². The van der Waals surface area contributed by atoms with Gasteiger partial charge in [0.05, 0.1) is 5.69 Å². The SMILES string of the molecule is C=CC(=C)c1cc(F)c2c(c1)CCc1nnc(C)n1-2. The van der Waals surface area contributed by atoms with Crippen molar-refractivity contribution >= 4 is 5.57 Å². The zero-order chi connectivity index (χ0) is 13.6. The molecule has 0 saturated heterocycles. The van der Waals surface area contributed by atoms with Gasteiger partial charge in [0.25, 0.3) is 0 Å². The minimum Gasteiger partial charge on any atom is -0.280 e. The second-order valence-electron chi connectivity index (χ2n) is 4.69. The molecule has 1 aliphatic heterocycles. The van der Waals surface area contributed by atoms with Crippen molar-refractivity contribution in [3.05, 3.63) is 60.0 Å². The molecule has 1 aromatic heterocycles. The van der Waals surface area contributed by atoms with E-state index < -0.39 is 0 Å². The topological polar surface area (TPSA) is 30.7 Å². The Kier molecular flexibility index (Phi) is 2.59. The molecule has 0 saturated carbocycles. The van der Waals surface area contributed by atoms with Crippen LogP contribution in [0.2, 0.25) is 0 Å². The summed E-state index contributed by atoms with van der Waals surface area (Å²) in [6.07, 6.45) is 3.18. The molecule has 2 heterocycles. The molecule has 0 aliphatic carbocycles. The summed E-state index contributed by atoms with van der Waals surface area (Å²) >= 11 is 0. The van der Waals surface area contributed by atoms with Crippen LogP contribution in [0.5, 0.6) is 0 Å². The lowest BCUT2D eigenvalue weighted by molar-refractivity contribution is 0.601. The van der Waals surface area contributed by atoms with Gasteiger partial charge in [-0.1, -0.05) is 19.2 Å². The molecule has 4 heteroatoms. The van der Waals surface area contributed by atoms with Gasteiger partial charge in [0.15, 0.2) is 0 Å². The Hall–Kier alpha value is -2.23. The lowest BCUT2D eigenvalue weighted by Gasteiger charge is -2.20. The number of halogens is 1. The standard InChI is InChI=1S/C15H14FN3/c1-4-9(2)12-7-11-5-6-14-18-17-10(3)19(14)15(11)13(16)8-12/h4,7-8H,1-2,5-6H2,3H3. The highest BCUT2D eigenvalue weighted by atomic mass is 19.1. The third kappa shape index (κ3) is 1.71. The zero-order valence-electron chi connectivity index (χ0n) is 10.8. The second-order valence-corrected chi connectivity index (χ2v) is 4.69. The van der Waals surface area contributed by atoms with Crippen LogP contribution < -0.4 is 0 Å². The number of benzene rings is 1. The van der Waals surface area contributed by atoms with Crippen LogP contribution >= 0.6 is 0 Å². The lowest BCUT2D eigenvalue weighted by atomic mass is 9.97. The van der Waals surface area contributed by atoms with Gasteiger partial charge in [0.2, 0.25) is 0 Å². The molecular formula is C15H14FN3. The molecule has 3 rings (SSSR count). The van der Waals surface area contributed by atoms with E-state index in [9.17, 15) is 4.39 Å². The van der Waals surface area contributed by atoms with Crippen molar-refractivity contribution < 1.29 is 4.39 Å². The van der Waals surface area contributed by atoms with Crippen molar-refractivity contribution in [2.24, 2.45) is 0 Å². The first kappa shape index (κ1) is 11.8. The predicted molar refractivity (Wildman–Crippen MR) is 72.7 cm³/mol. The number of allylic oxidation sites excluding steroid dienone is 2. The van der Waals surface area contributed by atoms with Crippen molar-refractivity contribution in [3.8, 4) is 5.69 Å². The Balaban J connectivity index is 2.25. The van der Waals surface area contributed by atoms with Crippen LogP contribution in [0, 0.1) is 12.7 Å². The monoisotopic (exact) mass is 255 g/mol. The van der Waals surface area contributed by atoms with Gasteiger partial charge >= 0.3 is 0 Å². The molecule has 1 aliphatic rings. The summed E-state index contributed by atoms with van der Waals surface area (Å²) in [4.78, 5) is 0. The predicted octanol–water partition coefficient (Wildman–Crippen LogP) is 3.01. The molecule has 0 spiro atoms. The van der Waals surface area contributed by atoms with Gasteiger partial charge in [-0.25, -0.2) is 4.39 Å². The number of hydrogen-bond donors (Lipinski definition) is 0. The maximum Gasteiger partial charge on any atom is 0.148 e. The van der Waals surface area contributed by atoms with E-state index in [0.29, 0.717) is 11.5 Å². The highest BCUT2D eigenvalue weighted by Crippen LogP contribution is 2.30. The van der Waals surface area contributed by atoms with E-state index in [1.54, 1.807) is 10.6 Å². The van der Waals surface area contributed by atoms with Gasteiger partial charge in [-0.3, -0.25) is 4.57 Å². The van der Waals surface area contributed by atoms with Crippen molar-refractivity contribution in [3.63, 3.8) is 0 Å². The van der Waals surface area contributed by atoms with E-state index in [1.165, 1.54) is 6.07 Å². The summed E-state index contributed by atoms with van der Waals surface area (Å²) in [5.74, 6) is 1.27. The molecule has 96 valence electrons. The summed E-state index contributed by atoms with van der Waals surface area (Å²) in [5.41, 5.74) is 3.05. The van der Waals surface area contributed by atoms with Crippen molar-refractivity contribution in [2.75, 3.05) is 0 Å². The van der Waals surface area contributed by atoms with Crippen LogP contribution in [-0.2, 0) is 12.8 Å². The molecule has 0 unspecified atom stereocenters. The van der Waals surface area contributed by atoms with E-state index in [2.05, 4.69) is 23.4 Å². The number of hydrogen-bond acceptors (Lipinski definition) is 2. The first-order valence-corrected chi connectivity index (χ1v) is 6.17. The van der Waals surface area contributed by atoms with Crippen LogP contribution in [0.3, 0.4) is 0 Å². The number of nitrogens with zero attached hydrogens (tertiary/aromatic N) is 3. The number of rotatable bonds is 2. The van der Waals surface area contributed by atoms with Gasteiger partial charge in [-0.15, -0.1) is 10.2 Å². The van der Waals surface area contributed by atoms with Crippen LogP contribution in [0.15, 0.2) is 31.4 Å². The Morgan fingerprint density at radius 2 is 2.16 bits per heavy atom. The van der Waals surface area contributed by atoms with E-state index in [4.69, 9.17) is 0 Å². The maximum atomic E-state index is 14.4. The molecular weight excluding hydrogens is 241 g/mol. The molecule has 0 N–H and O–H groups in total. The highest BCUT2D eigenvalue weighted by molar-refractivity contribution is 5.73. The van der Waals surface area contributed by atoms with Crippen LogP contribution in [0.25, 0.3) is 11.3 Å². The maximum absolute atomic E-state index is 14.4. The summed E-state index contributed by atoms with van der Waals surface area (Å²) in [6, 6.07) is 3.47. The molecule has 0 atom stereocenters. The molecule has 3 nitrogen and oxygen atoms in total. The Morgan fingerprint density at radius 3 is 2.89 bits per heavy atom. The minimum absolute atomic E-state index is 0.264. The molecule has 0 radical (unpaired) electrons. The first-order chi connectivity index (χ1) is 9.11. The van der Waals surface area contributed by atoms with Crippen LogP contribution in [0.1, 0.15) is 22.8 Å². The third-order valence-corrected chi connectivity index (χ3v) is 3.49. The molecule has 1 aromatic carbocycles. The van der Waals surface area contributed by atoms with Crippen molar-refractivity contribution in [1.29, 1.82) is 0 Å². The second kappa shape index (κ2) is 4.16. The van der Waals surface area contributed by atoms with E-state index >= 15 is 0 Å². The molecule has 2 aromatic rings. The summed E-state index contributed by atoms with van der Waals surface area (Å²) in [6.45, 7) is 9.38. The molecule has 0 amide bonds. The van der Waals surface area contributed by atoms with Crippen molar-refractivity contribution in [1.82, 2.24) is 14.8 Å².